The summed E-state index contributed by atoms with van der Waals surface area (Å²) in [6.07, 6.45) is 7.52. The zero-order valence-electron chi connectivity index (χ0n) is 69.0. The molecule has 0 saturated heterocycles. The number of pyridine rings is 4. The maximum atomic E-state index is 5.16. The fourth-order valence-electron chi connectivity index (χ4n) is 17.6. The molecule has 4 aromatic heterocycles. The molecule has 6 heterocycles. The van der Waals surface area contributed by atoms with Gasteiger partial charge >= 0.3 is 20.1 Å². The van der Waals surface area contributed by atoms with Crippen molar-refractivity contribution in [3.63, 3.8) is 0 Å². The van der Waals surface area contributed by atoms with Crippen molar-refractivity contribution in [1.29, 1.82) is 0 Å². The number of nitrogens with zero attached hydrogens (tertiary/aromatic N) is 8. The van der Waals surface area contributed by atoms with Crippen LogP contribution in [0.4, 0.5) is 45.5 Å². The standard InChI is InChI=1S/C118H74N8.2Ir/c1-3-27-95(28-4-1)123-79-125(117-47-21-19-45-115(117)123)97-63-57-83(58-64-97)101-33-9-15-39-107(101)91-72-92(108-40-16-10-34-102(108)84-59-65-98(66-60-84)126-80-124(96-29-5-2-6-30-96)116-46-20-22-48-118(116)126)76-94(75-91)110-42-18-12-36-104(110)88-62-68-114(122-78-88)113-67-61-87(77-121-113)103-35-11-17-41-109(103)93-73-89(105-37-13-7-31-99(105)81-49-53-85(54-50-81)111-43-23-25-69-119-111)71-90(74-93)106-38-14-8-32-100(106)82-51-55-86(56-52-82)112-44-24-26-70-120-112;;/h1-53,55,57-63,65,69-80H;;/q-8;;+3. The van der Waals surface area contributed by atoms with E-state index >= 15 is 0 Å². The summed E-state index contributed by atoms with van der Waals surface area (Å²) < 4.78 is 0. The van der Waals surface area contributed by atoms with Crippen LogP contribution in [0.25, 0.3) is 167 Å². The predicted octanol–water partition coefficient (Wildman–Crippen LogP) is 29.9. The molecule has 128 heavy (non-hydrogen) atoms. The Morgan fingerprint density at radius 2 is 0.453 bits per heavy atom. The van der Waals surface area contributed by atoms with E-state index in [1.807, 2.05) is 73.3 Å². The molecule has 0 unspecified atom stereocenters. The maximum Gasteiger partial charge on any atom is 3.00 e. The quantitative estimate of drug-likeness (QED) is 0.0742. The van der Waals surface area contributed by atoms with Gasteiger partial charge in [-0.3, -0.25) is 0 Å². The van der Waals surface area contributed by atoms with Crippen LogP contribution < -0.4 is 19.6 Å². The molecule has 609 valence electrons. The second-order valence-corrected chi connectivity index (χ2v) is 31.3. The van der Waals surface area contributed by atoms with Gasteiger partial charge in [-0.15, -0.1) is 119 Å². The molecule has 1 radical (unpaired) electrons. The van der Waals surface area contributed by atoms with Crippen LogP contribution >= 0.6 is 0 Å². The van der Waals surface area contributed by atoms with E-state index in [1.54, 1.807) is 0 Å². The monoisotopic (exact) mass is 1990 g/mol. The number of aromatic nitrogens is 4. The average Bonchev–Trinajstić information content (AvgIpc) is 1.73. The maximum absolute atomic E-state index is 5.16. The van der Waals surface area contributed by atoms with Crippen LogP contribution in [0.3, 0.4) is 0 Å². The number of rotatable bonds is 19. The first kappa shape index (κ1) is 81.0. The molecule has 16 aromatic carbocycles. The summed E-state index contributed by atoms with van der Waals surface area (Å²) in [7, 11) is 0. The van der Waals surface area contributed by atoms with Crippen LogP contribution in [-0.4, -0.2) is 19.9 Å². The number of anilines is 8. The number of fused-ring (bicyclic) bond motifs is 2. The summed E-state index contributed by atoms with van der Waals surface area (Å²) >= 11 is 0. The first-order valence-electron chi connectivity index (χ1n) is 42.2. The Balaban J connectivity index is 0.00000514. The third kappa shape index (κ3) is 16.0. The van der Waals surface area contributed by atoms with Crippen molar-refractivity contribution in [3.05, 3.63) is 487 Å². The Morgan fingerprint density at radius 3 is 0.711 bits per heavy atom. The smallest absolute Gasteiger partial charge is 0.493 e. The van der Waals surface area contributed by atoms with Gasteiger partial charge in [-0.05, 0) is 188 Å². The van der Waals surface area contributed by atoms with E-state index in [0.717, 1.165) is 202 Å². The van der Waals surface area contributed by atoms with Gasteiger partial charge < -0.3 is 39.5 Å². The third-order valence-electron chi connectivity index (χ3n) is 23.7. The van der Waals surface area contributed by atoms with Crippen molar-refractivity contribution in [3.8, 4) is 167 Å². The minimum Gasteiger partial charge on any atom is -0.493 e. The van der Waals surface area contributed by atoms with Crippen LogP contribution in [0.1, 0.15) is 0 Å². The van der Waals surface area contributed by atoms with E-state index in [1.165, 1.54) is 0 Å². The van der Waals surface area contributed by atoms with Gasteiger partial charge in [0.1, 0.15) is 0 Å². The minimum atomic E-state index is 0. The Labute approximate surface area is 773 Å². The van der Waals surface area contributed by atoms with Crippen molar-refractivity contribution in [2.75, 3.05) is 19.6 Å². The van der Waals surface area contributed by atoms with Crippen LogP contribution in [0.5, 0.6) is 0 Å². The molecule has 2 aliphatic heterocycles. The Hall–Kier alpha value is -15.4. The van der Waals surface area contributed by atoms with E-state index < -0.39 is 0 Å². The molecule has 0 amide bonds. The number of hydrogen-bond donors (Lipinski definition) is 0. The van der Waals surface area contributed by atoms with Crippen molar-refractivity contribution in [1.82, 2.24) is 19.9 Å². The van der Waals surface area contributed by atoms with Gasteiger partial charge in [0.15, 0.2) is 0 Å². The van der Waals surface area contributed by atoms with Crippen LogP contribution in [-0.2, 0) is 40.2 Å². The zero-order chi connectivity index (χ0) is 83.6. The van der Waals surface area contributed by atoms with Gasteiger partial charge in [0, 0.05) is 66.6 Å². The van der Waals surface area contributed by atoms with E-state index in [0.29, 0.717) is 11.4 Å². The van der Waals surface area contributed by atoms with Crippen molar-refractivity contribution in [2.45, 2.75) is 0 Å². The van der Waals surface area contributed by atoms with E-state index in [9.17, 15) is 0 Å². The molecule has 0 N–H and O–H groups in total. The summed E-state index contributed by atoms with van der Waals surface area (Å²) in [5.74, 6) is 0. The normalized spacial score (nSPS) is 12.0. The molecule has 8 nitrogen and oxygen atoms in total. The molecular weight excluding hydrogens is 1910 g/mol. The van der Waals surface area contributed by atoms with Crippen molar-refractivity contribution in [2.24, 2.45) is 0 Å². The topological polar surface area (TPSA) is 64.5 Å². The minimum absolute atomic E-state index is 0. The van der Waals surface area contributed by atoms with Gasteiger partial charge in [0.25, 0.3) is 0 Å². The predicted molar refractivity (Wildman–Crippen MR) is 515 cm³/mol. The number of benzene rings is 16. The number of para-hydroxylation sites is 6. The SMILES string of the molecule is [Ir+3].[Ir].[c-]1cc(-c2ccccc2-c2cc(-c3ccccc3-c3c[c-]c(-c4ccccn4)cc3)cc(-c3ccccc3-c3c[c-]c(-c4[c-]cc(-c5ccccc5-c5cc(-c6ccccc6-c6c[c-]c(N7[CH-]N(c8ccccc8)c8ccccc87)cc6)cc(-c6ccccc6-c6c[c-]c(N7[CH-]N(c8ccccc8)c8ccccc87)cc6)c5)cn4)nc3)c2)ccc1-c1ccccn1. The first-order valence-corrected chi connectivity index (χ1v) is 42.2. The van der Waals surface area contributed by atoms with Gasteiger partial charge in [-0.25, -0.2) is 12.1 Å². The van der Waals surface area contributed by atoms with Crippen LogP contribution in [0.2, 0.25) is 0 Å². The molecular formula is C118H74Ir2N8-5. The van der Waals surface area contributed by atoms with E-state index in [4.69, 9.17) is 9.97 Å². The summed E-state index contributed by atoms with van der Waals surface area (Å²) in [6, 6.07) is 168. The first-order chi connectivity index (χ1) is 62.5. The van der Waals surface area contributed by atoms with Crippen molar-refractivity contribution >= 4 is 45.5 Å². The number of hydrogen-bond acceptors (Lipinski definition) is 8. The molecule has 0 aliphatic carbocycles. The summed E-state index contributed by atoms with van der Waals surface area (Å²) in [4.78, 5) is 28.5. The molecule has 22 rings (SSSR count). The van der Waals surface area contributed by atoms with Gasteiger partial charge in [-0.1, -0.05) is 286 Å². The molecule has 0 fully saturated rings. The molecule has 10 heteroatoms. The Bertz CT molecular complexity index is 7020. The fraction of sp³-hybridized carbons (Fsp3) is 0. The second-order valence-electron chi connectivity index (χ2n) is 31.3. The zero-order valence-corrected chi connectivity index (χ0v) is 73.8. The largest absolute Gasteiger partial charge is 3.00 e. The van der Waals surface area contributed by atoms with Crippen molar-refractivity contribution < 1.29 is 40.2 Å². The van der Waals surface area contributed by atoms with Crippen LogP contribution in [0.15, 0.2) is 437 Å². The third-order valence-corrected chi connectivity index (χ3v) is 23.7. The van der Waals surface area contributed by atoms with Gasteiger partial charge in [0.05, 0.1) is 0 Å². The van der Waals surface area contributed by atoms with E-state index in [2.05, 4.69) is 443 Å². The summed E-state index contributed by atoms with van der Waals surface area (Å²) in [5.41, 5.74) is 38.5. The Morgan fingerprint density at radius 1 is 0.203 bits per heavy atom. The molecule has 0 bridgehead atoms. The second kappa shape index (κ2) is 36.1. The van der Waals surface area contributed by atoms with Gasteiger partial charge in [0.2, 0.25) is 0 Å². The van der Waals surface area contributed by atoms with Gasteiger partial charge in [-0.2, -0.15) is 48.5 Å². The molecule has 0 spiro atoms. The molecule has 0 atom stereocenters. The fourth-order valence-corrected chi connectivity index (χ4v) is 17.6. The molecule has 2 aliphatic rings. The van der Waals surface area contributed by atoms with Crippen LogP contribution in [0, 0.1) is 49.7 Å². The summed E-state index contributed by atoms with van der Waals surface area (Å²) in [5, 5.41) is 0. The molecule has 20 aromatic rings. The van der Waals surface area contributed by atoms with E-state index in [-0.39, 0.29) is 40.2 Å². The molecule has 0 saturated carbocycles. The Kier molecular flexibility index (Phi) is 22.8. The average molecular weight is 1990 g/mol. The summed E-state index contributed by atoms with van der Waals surface area (Å²) in [6.45, 7) is 4.32.